The standard InChI is InChI=1S/C18H20F3NO4/c1-16(2)8-12(22-10-11-6-4-3-5-7-11)14(13(23)9-16)17(26,15(24)25)18(19,20)21/h3-7,22,26H,8-10H2,1-2H3,(H,24,25)/t17-/m1/s1. The van der Waals surface area contributed by atoms with Gasteiger partial charge in [0.05, 0.1) is 5.57 Å². The van der Waals surface area contributed by atoms with Crippen LogP contribution in [0.5, 0.6) is 0 Å². The van der Waals surface area contributed by atoms with E-state index in [0.717, 1.165) is 5.56 Å². The third-order valence-corrected chi connectivity index (χ3v) is 4.31. The number of alkyl halides is 3. The maximum absolute atomic E-state index is 13.4. The van der Waals surface area contributed by atoms with E-state index >= 15 is 0 Å². The van der Waals surface area contributed by atoms with Crippen molar-refractivity contribution in [3.8, 4) is 0 Å². The molecule has 5 nitrogen and oxygen atoms in total. The zero-order chi connectivity index (χ0) is 19.8. The van der Waals surface area contributed by atoms with E-state index < -0.39 is 34.5 Å². The molecule has 8 heteroatoms. The molecule has 0 fully saturated rings. The molecule has 1 atom stereocenters. The molecule has 0 aliphatic heterocycles. The van der Waals surface area contributed by atoms with Crippen molar-refractivity contribution in [3.05, 3.63) is 47.2 Å². The SMILES string of the molecule is CC1(C)CC(=O)C([C@@](O)(C(=O)O)C(F)(F)F)=C(NCc2ccccc2)C1. The summed E-state index contributed by atoms with van der Waals surface area (Å²) in [5, 5.41) is 21.8. The number of Topliss-reactive ketones (excluding diaryl/α,β-unsaturated/α-hetero) is 1. The van der Waals surface area contributed by atoms with E-state index in [0.29, 0.717) is 0 Å². The van der Waals surface area contributed by atoms with Gasteiger partial charge < -0.3 is 15.5 Å². The van der Waals surface area contributed by atoms with Crippen LogP contribution in [-0.2, 0) is 16.1 Å². The minimum absolute atomic E-state index is 0.00652. The summed E-state index contributed by atoms with van der Waals surface area (Å²) in [6.45, 7) is 3.48. The highest BCUT2D eigenvalue weighted by atomic mass is 19.4. The summed E-state index contributed by atoms with van der Waals surface area (Å²) < 4.78 is 40.2. The summed E-state index contributed by atoms with van der Waals surface area (Å²) in [6.07, 6.45) is -5.82. The number of rotatable bonds is 5. The molecule has 0 unspecified atom stereocenters. The summed E-state index contributed by atoms with van der Waals surface area (Å²) >= 11 is 0. The summed E-state index contributed by atoms with van der Waals surface area (Å²) in [4.78, 5) is 23.7. The molecule has 1 aliphatic rings. The van der Waals surface area contributed by atoms with Gasteiger partial charge in [0.2, 0.25) is 0 Å². The first-order valence-electron chi connectivity index (χ1n) is 7.95. The predicted octanol–water partition coefficient (Wildman–Crippen LogP) is 2.80. The second kappa shape index (κ2) is 6.75. The number of carbonyl (C=O) groups excluding carboxylic acids is 1. The smallest absolute Gasteiger partial charge is 0.432 e. The van der Waals surface area contributed by atoms with E-state index in [1.165, 1.54) is 0 Å². The molecule has 1 aliphatic carbocycles. The number of halogens is 3. The number of ketones is 1. The number of nitrogens with one attached hydrogen (secondary N) is 1. The molecule has 26 heavy (non-hydrogen) atoms. The van der Waals surface area contributed by atoms with Crippen molar-refractivity contribution in [3.63, 3.8) is 0 Å². The van der Waals surface area contributed by atoms with Crippen LogP contribution in [0.2, 0.25) is 0 Å². The van der Waals surface area contributed by atoms with Crippen LogP contribution in [0.1, 0.15) is 32.3 Å². The first-order valence-corrected chi connectivity index (χ1v) is 7.95. The van der Waals surface area contributed by atoms with Crippen molar-refractivity contribution in [2.75, 3.05) is 0 Å². The molecular weight excluding hydrogens is 351 g/mol. The minimum atomic E-state index is -5.54. The number of carboxylic acid groups (broad SMARTS) is 1. The van der Waals surface area contributed by atoms with E-state index in [2.05, 4.69) is 5.32 Å². The number of hydrogen-bond donors (Lipinski definition) is 3. The Balaban J connectivity index is 2.54. The van der Waals surface area contributed by atoms with Gasteiger partial charge in [-0.25, -0.2) is 4.79 Å². The average molecular weight is 371 g/mol. The van der Waals surface area contributed by atoms with Crippen molar-refractivity contribution in [2.45, 2.75) is 45.0 Å². The Morgan fingerprint density at radius 1 is 1.19 bits per heavy atom. The molecule has 1 aromatic carbocycles. The zero-order valence-corrected chi connectivity index (χ0v) is 14.4. The summed E-state index contributed by atoms with van der Waals surface area (Å²) in [6, 6.07) is 8.72. The molecule has 0 saturated heterocycles. The number of aliphatic hydroxyl groups is 1. The number of hydrogen-bond acceptors (Lipinski definition) is 4. The summed E-state index contributed by atoms with van der Waals surface area (Å²) in [7, 11) is 0. The largest absolute Gasteiger partial charge is 0.479 e. The number of carbonyl (C=O) groups is 2. The Labute approximate surface area is 148 Å². The highest BCUT2D eigenvalue weighted by Gasteiger charge is 2.65. The highest BCUT2D eigenvalue weighted by molar-refractivity contribution is 6.05. The normalized spacial score (nSPS) is 19.8. The lowest BCUT2D eigenvalue weighted by atomic mass is 9.71. The Kier molecular flexibility index (Phi) is 5.19. The highest BCUT2D eigenvalue weighted by Crippen LogP contribution is 2.45. The van der Waals surface area contributed by atoms with Crippen LogP contribution in [0, 0.1) is 5.41 Å². The van der Waals surface area contributed by atoms with Gasteiger partial charge in [0.1, 0.15) is 0 Å². The van der Waals surface area contributed by atoms with E-state index in [4.69, 9.17) is 5.11 Å². The fourth-order valence-corrected chi connectivity index (χ4v) is 3.07. The van der Waals surface area contributed by atoms with Crippen LogP contribution in [-0.4, -0.2) is 33.7 Å². The first kappa shape index (κ1) is 20.0. The Hall–Kier alpha value is -2.35. The van der Waals surface area contributed by atoms with Gasteiger partial charge in [-0.05, 0) is 17.4 Å². The lowest BCUT2D eigenvalue weighted by Crippen LogP contribution is -2.57. The van der Waals surface area contributed by atoms with Gasteiger partial charge in [-0.2, -0.15) is 13.2 Å². The number of aliphatic carboxylic acids is 1. The minimum Gasteiger partial charge on any atom is -0.479 e. The Morgan fingerprint density at radius 2 is 1.77 bits per heavy atom. The molecule has 0 radical (unpaired) electrons. The zero-order valence-electron chi connectivity index (χ0n) is 14.4. The lowest BCUT2D eigenvalue weighted by Gasteiger charge is -2.38. The molecule has 0 amide bonds. The third kappa shape index (κ3) is 3.75. The van der Waals surface area contributed by atoms with Crippen LogP contribution >= 0.6 is 0 Å². The average Bonchev–Trinajstić information content (AvgIpc) is 2.50. The van der Waals surface area contributed by atoms with Gasteiger partial charge in [0.25, 0.3) is 5.60 Å². The molecule has 0 aromatic heterocycles. The van der Waals surface area contributed by atoms with Crippen molar-refractivity contribution >= 4 is 11.8 Å². The Morgan fingerprint density at radius 3 is 2.27 bits per heavy atom. The lowest BCUT2D eigenvalue weighted by molar-refractivity contribution is -0.247. The van der Waals surface area contributed by atoms with Crippen molar-refractivity contribution in [1.29, 1.82) is 0 Å². The third-order valence-electron chi connectivity index (χ3n) is 4.31. The van der Waals surface area contributed by atoms with Crippen molar-refractivity contribution in [2.24, 2.45) is 5.41 Å². The fourth-order valence-electron chi connectivity index (χ4n) is 3.07. The maximum Gasteiger partial charge on any atom is 0.432 e. The molecule has 0 heterocycles. The van der Waals surface area contributed by atoms with Gasteiger partial charge in [0, 0.05) is 18.7 Å². The van der Waals surface area contributed by atoms with E-state index in [-0.39, 0.29) is 25.1 Å². The fraction of sp³-hybridized carbons (Fsp3) is 0.444. The van der Waals surface area contributed by atoms with Crippen molar-refractivity contribution < 1.29 is 33.0 Å². The summed E-state index contributed by atoms with van der Waals surface area (Å²) in [5.74, 6) is -3.55. The van der Waals surface area contributed by atoms with Crippen LogP contribution in [0.15, 0.2) is 41.6 Å². The molecule has 142 valence electrons. The molecule has 0 saturated carbocycles. The number of benzene rings is 1. The molecule has 3 N–H and O–H groups in total. The number of allylic oxidation sites excluding steroid dienone is 1. The summed E-state index contributed by atoms with van der Waals surface area (Å²) in [5.41, 5.74) is -5.50. The number of carboxylic acids is 1. The van der Waals surface area contributed by atoms with Gasteiger partial charge in [-0.1, -0.05) is 44.2 Å². The second-order valence-corrected chi connectivity index (χ2v) is 7.15. The maximum atomic E-state index is 13.4. The predicted molar refractivity (Wildman–Crippen MR) is 87.0 cm³/mol. The van der Waals surface area contributed by atoms with Gasteiger partial charge in [-0.3, -0.25) is 4.79 Å². The van der Waals surface area contributed by atoms with Crippen molar-refractivity contribution in [1.82, 2.24) is 5.32 Å². The molecular formula is C18H20F3NO4. The molecule has 0 bridgehead atoms. The topological polar surface area (TPSA) is 86.6 Å². The van der Waals surface area contributed by atoms with E-state index in [9.17, 15) is 27.9 Å². The molecule has 1 aromatic rings. The van der Waals surface area contributed by atoms with E-state index in [1.54, 1.807) is 44.2 Å². The molecule has 2 rings (SSSR count). The van der Waals surface area contributed by atoms with Crippen LogP contribution in [0.3, 0.4) is 0 Å². The van der Waals surface area contributed by atoms with Crippen LogP contribution < -0.4 is 5.32 Å². The van der Waals surface area contributed by atoms with Crippen LogP contribution in [0.25, 0.3) is 0 Å². The van der Waals surface area contributed by atoms with Gasteiger partial charge >= 0.3 is 12.1 Å². The quantitative estimate of drug-likeness (QED) is 0.741. The second-order valence-electron chi connectivity index (χ2n) is 7.15. The van der Waals surface area contributed by atoms with Crippen LogP contribution in [0.4, 0.5) is 13.2 Å². The first-order chi connectivity index (χ1) is 11.9. The Bertz CT molecular complexity index is 741. The monoisotopic (exact) mass is 371 g/mol. The van der Waals surface area contributed by atoms with Gasteiger partial charge in [-0.15, -0.1) is 0 Å². The molecule has 0 spiro atoms. The van der Waals surface area contributed by atoms with Gasteiger partial charge in [0.15, 0.2) is 5.78 Å². The van der Waals surface area contributed by atoms with E-state index in [1.807, 2.05) is 0 Å².